The lowest BCUT2D eigenvalue weighted by Crippen LogP contribution is -2.03. The molecule has 0 N–H and O–H groups in total. The number of methoxy groups -OCH3 is 2. The normalized spacial score (nSPS) is 10.8. The Morgan fingerprint density at radius 3 is 2.71 bits per heavy atom. The van der Waals surface area contributed by atoms with E-state index >= 15 is 0 Å². The molecule has 0 saturated carbocycles. The molecular weight excluding hydrogens is 350 g/mol. The Hall–Kier alpha value is -2.18. The molecule has 0 amide bonds. The summed E-state index contributed by atoms with van der Waals surface area (Å²) in [5.74, 6) is 1.25. The molecule has 1 aromatic heterocycles. The van der Waals surface area contributed by atoms with E-state index in [1.165, 1.54) is 18.9 Å². The zero-order valence-corrected chi connectivity index (χ0v) is 14.6. The fourth-order valence-corrected chi connectivity index (χ4v) is 3.05. The number of benzene rings is 2. The molecule has 0 fully saturated rings. The minimum absolute atomic E-state index is 0.0544. The molecule has 124 valence electrons. The molecule has 3 aromatic rings. The first kappa shape index (κ1) is 16.7. The van der Waals surface area contributed by atoms with Gasteiger partial charge in [-0.15, -0.1) is 0 Å². The second kappa shape index (κ2) is 7.15. The van der Waals surface area contributed by atoms with Crippen LogP contribution in [0.5, 0.6) is 11.5 Å². The summed E-state index contributed by atoms with van der Waals surface area (Å²) in [5.41, 5.74) is 1.85. The van der Waals surface area contributed by atoms with Gasteiger partial charge in [0.05, 0.1) is 20.0 Å². The number of halogens is 1. The number of fused-ring (bicyclic) bond motifs is 1. The molecule has 0 bridgehead atoms. The summed E-state index contributed by atoms with van der Waals surface area (Å²) in [4.78, 5) is 16.7. The lowest BCUT2D eigenvalue weighted by Gasteiger charge is -2.08. The first-order valence-corrected chi connectivity index (χ1v) is 8.41. The molecule has 2 aromatic carbocycles. The van der Waals surface area contributed by atoms with Gasteiger partial charge in [-0.2, -0.15) is 0 Å². The number of ketones is 1. The van der Waals surface area contributed by atoms with Crippen molar-refractivity contribution in [1.82, 2.24) is 4.98 Å². The molecule has 1 heterocycles. The number of oxazole rings is 1. The average molecular weight is 364 g/mol. The number of Topliss-reactive ketones (excluding diaryl/α,β-unsaturated/α-hetero) is 1. The van der Waals surface area contributed by atoms with Gasteiger partial charge in [-0.25, -0.2) is 4.98 Å². The molecule has 24 heavy (non-hydrogen) atoms. The molecule has 0 aliphatic heterocycles. The highest BCUT2D eigenvalue weighted by Gasteiger charge is 2.13. The first-order valence-electron chi connectivity index (χ1n) is 7.05. The number of hydrogen-bond donors (Lipinski definition) is 0. The number of hydrogen-bond acceptors (Lipinski definition) is 6. The highest BCUT2D eigenvalue weighted by Crippen LogP contribution is 2.29. The maximum Gasteiger partial charge on any atom is 0.257 e. The molecule has 0 unspecified atom stereocenters. The maximum atomic E-state index is 12.3. The van der Waals surface area contributed by atoms with Crippen LogP contribution < -0.4 is 9.47 Å². The Bertz CT molecular complexity index is 893. The van der Waals surface area contributed by atoms with E-state index < -0.39 is 0 Å². The molecular formula is C17H14ClNO4S. The Morgan fingerprint density at radius 1 is 1.17 bits per heavy atom. The number of aromatic nitrogens is 1. The number of rotatable bonds is 6. The second-order valence-electron chi connectivity index (χ2n) is 4.87. The van der Waals surface area contributed by atoms with Crippen LogP contribution in [0.2, 0.25) is 5.02 Å². The van der Waals surface area contributed by atoms with Crippen molar-refractivity contribution in [3.05, 3.63) is 47.0 Å². The fourth-order valence-electron chi connectivity index (χ4n) is 2.16. The van der Waals surface area contributed by atoms with Crippen molar-refractivity contribution in [3.8, 4) is 11.5 Å². The zero-order chi connectivity index (χ0) is 17.1. The predicted octanol–water partition coefficient (Wildman–Crippen LogP) is 4.47. The van der Waals surface area contributed by atoms with Gasteiger partial charge in [-0.1, -0.05) is 23.4 Å². The monoisotopic (exact) mass is 363 g/mol. The second-order valence-corrected chi connectivity index (χ2v) is 6.24. The van der Waals surface area contributed by atoms with Crippen molar-refractivity contribution in [2.75, 3.05) is 20.0 Å². The number of nitrogens with zero attached hydrogens (tertiary/aromatic N) is 1. The van der Waals surface area contributed by atoms with Gasteiger partial charge >= 0.3 is 0 Å². The zero-order valence-electron chi connectivity index (χ0n) is 13.0. The summed E-state index contributed by atoms with van der Waals surface area (Å²) in [6, 6.07) is 10.3. The van der Waals surface area contributed by atoms with Crippen LogP contribution in [0.4, 0.5) is 0 Å². The smallest absolute Gasteiger partial charge is 0.257 e. The summed E-state index contributed by atoms with van der Waals surface area (Å²) in [6.45, 7) is 0. The summed E-state index contributed by atoms with van der Waals surface area (Å²) < 4.78 is 16.0. The van der Waals surface area contributed by atoms with Gasteiger partial charge in [0.2, 0.25) is 0 Å². The van der Waals surface area contributed by atoms with E-state index in [1.54, 1.807) is 43.5 Å². The molecule has 0 atom stereocenters. The summed E-state index contributed by atoms with van der Waals surface area (Å²) >= 11 is 7.15. The van der Waals surface area contributed by atoms with Crippen molar-refractivity contribution in [3.63, 3.8) is 0 Å². The number of ether oxygens (including phenoxy) is 2. The van der Waals surface area contributed by atoms with Gasteiger partial charge in [-0.3, -0.25) is 4.79 Å². The first-order chi connectivity index (χ1) is 11.6. The molecule has 0 radical (unpaired) electrons. The van der Waals surface area contributed by atoms with Crippen LogP contribution in [0, 0.1) is 0 Å². The van der Waals surface area contributed by atoms with Crippen molar-refractivity contribution in [2.24, 2.45) is 0 Å². The molecule has 0 saturated heterocycles. The Morgan fingerprint density at radius 2 is 1.96 bits per heavy atom. The van der Waals surface area contributed by atoms with E-state index in [1.807, 2.05) is 0 Å². The van der Waals surface area contributed by atoms with Crippen LogP contribution in [0.3, 0.4) is 0 Å². The lowest BCUT2D eigenvalue weighted by atomic mass is 10.1. The van der Waals surface area contributed by atoms with Crippen molar-refractivity contribution < 1.29 is 18.7 Å². The molecule has 3 rings (SSSR count). The molecule has 7 heteroatoms. The Kier molecular flexibility index (Phi) is 4.97. The minimum Gasteiger partial charge on any atom is -0.493 e. The Balaban J connectivity index is 1.72. The Labute approximate surface area is 147 Å². The highest BCUT2D eigenvalue weighted by atomic mass is 35.5. The quantitative estimate of drug-likeness (QED) is 0.475. The largest absolute Gasteiger partial charge is 0.493 e. The topological polar surface area (TPSA) is 61.6 Å². The minimum atomic E-state index is -0.0544. The summed E-state index contributed by atoms with van der Waals surface area (Å²) in [7, 11) is 3.08. The standard InChI is InChI=1S/C17H14ClNO4S/c1-21-14-6-3-10(7-16(14)22-2)13(20)9-24-17-19-12-5-4-11(18)8-15(12)23-17/h3-8H,9H2,1-2H3. The predicted molar refractivity (Wildman–Crippen MR) is 93.6 cm³/mol. The van der Waals surface area contributed by atoms with Gasteiger partial charge in [0.1, 0.15) is 5.52 Å². The van der Waals surface area contributed by atoms with Gasteiger partial charge < -0.3 is 13.9 Å². The van der Waals surface area contributed by atoms with E-state index in [0.717, 1.165) is 0 Å². The van der Waals surface area contributed by atoms with Crippen LogP contribution in [0.1, 0.15) is 10.4 Å². The maximum absolute atomic E-state index is 12.3. The van der Waals surface area contributed by atoms with Gasteiger partial charge in [-0.05, 0) is 30.3 Å². The molecule has 5 nitrogen and oxygen atoms in total. The van der Waals surface area contributed by atoms with E-state index in [4.69, 9.17) is 25.5 Å². The van der Waals surface area contributed by atoms with Crippen LogP contribution in [0.25, 0.3) is 11.1 Å². The van der Waals surface area contributed by atoms with Crippen molar-refractivity contribution >= 4 is 40.2 Å². The van der Waals surface area contributed by atoms with E-state index in [-0.39, 0.29) is 11.5 Å². The van der Waals surface area contributed by atoms with Crippen LogP contribution in [-0.4, -0.2) is 30.7 Å². The van der Waals surface area contributed by atoms with E-state index in [9.17, 15) is 4.79 Å². The van der Waals surface area contributed by atoms with E-state index in [0.29, 0.717) is 38.4 Å². The number of thioether (sulfide) groups is 1. The van der Waals surface area contributed by atoms with E-state index in [2.05, 4.69) is 4.98 Å². The average Bonchev–Trinajstić information content (AvgIpc) is 3.00. The van der Waals surface area contributed by atoms with Crippen LogP contribution >= 0.6 is 23.4 Å². The third-order valence-electron chi connectivity index (χ3n) is 3.36. The van der Waals surface area contributed by atoms with Gasteiger partial charge in [0, 0.05) is 16.7 Å². The van der Waals surface area contributed by atoms with Gasteiger partial charge in [0.25, 0.3) is 5.22 Å². The van der Waals surface area contributed by atoms with Crippen LogP contribution in [0.15, 0.2) is 46.0 Å². The highest BCUT2D eigenvalue weighted by molar-refractivity contribution is 7.99. The molecule has 0 aliphatic carbocycles. The van der Waals surface area contributed by atoms with Crippen molar-refractivity contribution in [1.29, 1.82) is 0 Å². The lowest BCUT2D eigenvalue weighted by molar-refractivity contribution is 0.102. The SMILES string of the molecule is COc1ccc(C(=O)CSc2nc3ccc(Cl)cc3o2)cc1OC. The number of carbonyl (C=O) groups excluding carboxylic acids is 1. The number of carbonyl (C=O) groups is 1. The summed E-state index contributed by atoms with van der Waals surface area (Å²) in [5, 5.41) is 1.01. The van der Waals surface area contributed by atoms with Gasteiger partial charge in [0.15, 0.2) is 22.9 Å². The molecule has 0 aliphatic rings. The third kappa shape index (κ3) is 3.49. The fraction of sp³-hybridized carbons (Fsp3) is 0.176. The van der Waals surface area contributed by atoms with Crippen LogP contribution in [-0.2, 0) is 0 Å². The van der Waals surface area contributed by atoms with Crippen molar-refractivity contribution in [2.45, 2.75) is 5.22 Å². The molecule has 0 spiro atoms. The summed E-state index contributed by atoms with van der Waals surface area (Å²) in [6.07, 6.45) is 0. The third-order valence-corrected chi connectivity index (χ3v) is 4.43.